The van der Waals surface area contributed by atoms with Crippen LogP contribution in [0, 0.1) is 31.1 Å². The second-order valence-corrected chi connectivity index (χ2v) is 29.6. The first-order valence-electron chi connectivity index (χ1n) is 36.6. The van der Waals surface area contributed by atoms with E-state index in [-0.39, 0.29) is 66.7 Å². The topological polar surface area (TPSA) is 303 Å². The zero-order valence-corrected chi connectivity index (χ0v) is 63.5. The van der Waals surface area contributed by atoms with Crippen molar-refractivity contribution in [1.82, 2.24) is 40.2 Å². The number of hydrogen-bond donors (Lipinski definition) is 6. The summed E-state index contributed by atoms with van der Waals surface area (Å²) in [7, 11) is 5.31. The maximum Gasteiger partial charge on any atom is 0.491 e. The number of nitrogens with zero attached hydrogens (tertiary/aromatic N) is 7. The van der Waals surface area contributed by atoms with Crippen LogP contribution in [-0.4, -0.2) is 161 Å². The van der Waals surface area contributed by atoms with Crippen LogP contribution in [0.3, 0.4) is 0 Å². The summed E-state index contributed by atoms with van der Waals surface area (Å²) in [6.45, 7) is 20.0. The number of primary amides is 1. The summed E-state index contributed by atoms with van der Waals surface area (Å²) in [5.74, 6) is -4.50. The van der Waals surface area contributed by atoms with Crippen molar-refractivity contribution < 1.29 is 75.0 Å². The lowest BCUT2D eigenvalue weighted by Gasteiger charge is -2.41. The summed E-state index contributed by atoms with van der Waals surface area (Å²) in [5, 5.41) is 24.3. The van der Waals surface area contributed by atoms with Crippen molar-refractivity contribution in [3.8, 4) is 28.8 Å². The Kier molecular flexibility index (Phi) is 25.5. The number of benzene rings is 5. The maximum absolute atomic E-state index is 15.5. The first-order chi connectivity index (χ1) is 51.7. The van der Waals surface area contributed by atoms with Gasteiger partial charge in [0, 0.05) is 98.0 Å². The lowest BCUT2D eigenvalue weighted by atomic mass is 9.89. The number of halogens is 3. The molecule has 5 heterocycles. The van der Waals surface area contributed by atoms with Crippen molar-refractivity contribution in [2.75, 3.05) is 69.8 Å². The number of alkyl halides is 3. The van der Waals surface area contributed by atoms with Crippen LogP contribution in [0.5, 0.6) is 11.5 Å². The van der Waals surface area contributed by atoms with Gasteiger partial charge in [-0.2, -0.15) is 18.4 Å². The molecule has 1 saturated heterocycles. The maximum atomic E-state index is 15.5. The molecule has 25 nitrogen and oxygen atoms in total. The molecule has 3 aliphatic rings. The second-order valence-electron chi connectivity index (χ2n) is 29.6. The van der Waals surface area contributed by atoms with Gasteiger partial charge in [-0.3, -0.25) is 28.9 Å². The molecule has 1 fully saturated rings. The van der Waals surface area contributed by atoms with Crippen molar-refractivity contribution in [3.05, 3.63) is 182 Å². The Bertz CT molecular complexity index is 4590. The molecule has 10 rings (SSSR count). The Morgan fingerprint density at radius 3 is 2.14 bits per heavy atom. The van der Waals surface area contributed by atoms with Gasteiger partial charge in [0.1, 0.15) is 73.7 Å². The Hall–Kier alpha value is -11.0. The number of alkyl carbamates (subject to hydrolysis) is 1. The van der Waals surface area contributed by atoms with Crippen LogP contribution in [0.1, 0.15) is 131 Å². The molecule has 0 radical (unpaired) electrons. The van der Waals surface area contributed by atoms with Crippen LogP contribution < -0.4 is 46.7 Å². The van der Waals surface area contributed by atoms with Gasteiger partial charge in [0.25, 0.3) is 11.8 Å². The third-order valence-electron chi connectivity index (χ3n) is 20.5. The molecule has 7 N–H and O–H groups in total. The highest BCUT2D eigenvalue weighted by Crippen LogP contribution is 2.40. The Morgan fingerprint density at radius 1 is 0.789 bits per heavy atom. The van der Waals surface area contributed by atoms with Crippen LogP contribution in [-0.2, 0) is 88.2 Å². The zero-order chi connectivity index (χ0) is 78.8. The molecule has 0 unspecified atom stereocenters. The number of hydrogen-bond acceptors (Lipinski definition) is 14. The standard InChI is InChI=1S/C81H96F3N13O12/c1-49(2)72(91-79(105)109-80(6,7)8)74(100)90-68(17-14-29-88-78(86)104)73(99)89-60-21-20-57(58(39-60)45-87-9)48-97(31-34-106-35-32-97)33-36-107-63-24-18-53(19-25-63)38-71(98)94-30-28-55-40-66(67(41-59(55)46-94)75(101)95-47-56-16-13-12-15-54(56)37-50(95)3)70-43-65(51(4)93(70)11)76(102)96(69-42-62(44-85)92(10)52(69)5)61-22-26-64(27-23-61)108-77(103)81(82,83)84/h12-13,15-16,18-27,39-43,49-50,68,72,87H,14,17,28-38,45-48H2,1-11H3,(H5-,86,88,89,90,91,99,100,104,105)/p+1/t50-,68+,72+/m1/s1. The number of carbonyl (C=O) groups is 8. The number of fused-ring (bicyclic) bond motifs is 2. The molecule has 109 heavy (non-hydrogen) atoms. The summed E-state index contributed by atoms with van der Waals surface area (Å²) >= 11 is 0. The molecule has 28 heteroatoms. The van der Waals surface area contributed by atoms with Gasteiger partial charge in [-0.1, -0.05) is 56.3 Å². The third-order valence-corrected chi connectivity index (χ3v) is 20.5. The minimum atomic E-state index is -5.25. The highest BCUT2D eigenvalue weighted by Gasteiger charge is 2.42. The molecule has 3 atom stereocenters. The van der Waals surface area contributed by atoms with Gasteiger partial charge in [-0.15, -0.1) is 0 Å². The predicted octanol–water partition coefficient (Wildman–Crippen LogP) is 10.2. The van der Waals surface area contributed by atoms with Gasteiger partial charge >= 0.3 is 24.3 Å². The molecule has 2 aromatic heterocycles. The molecule has 0 bridgehead atoms. The lowest BCUT2D eigenvalue weighted by Crippen LogP contribution is -2.56. The Morgan fingerprint density at radius 2 is 1.49 bits per heavy atom. The van der Waals surface area contributed by atoms with Crippen LogP contribution in [0.2, 0.25) is 0 Å². The van der Waals surface area contributed by atoms with Gasteiger partial charge in [0.15, 0.2) is 0 Å². The van der Waals surface area contributed by atoms with E-state index >= 15 is 9.59 Å². The zero-order valence-electron chi connectivity index (χ0n) is 63.5. The second kappa shape index (κ2) is 34.5. The Balaban J connectivity index is 0.830. The molecule has 0 aliphatic carbocycles. The summed E-state index contributed by atoms with van der Waals surface area (Å²) in [6, 6.07) is 32.6. The van der Waals surface area contributed by atoms with Crippen LogP contribution in [0.15, 0.2) is 115 Å². The molecule has 0 spiro atoms. The number of carbonyl (C=O) groups excluding carboxylic acids is 8. The van der Waals surface area contributed by atoms with Gasteiger partial charge in [-0.25, -0.2) is 14.4 Å². The molecule has 0 saturated carbocycles. The van der Waals surface area contributed by atoms with E-state index in [4.69, 9.17) is 19.9 Å². The summed E-state index contributed by atoms with van der Waals surface area (Å²) in [5.41, 5.74) is 15.2. The number of nitrogens with two attached hydrogens (primary N) is 1. The van der Waals surface area contributed by atoms with Crippen LogP contribution in [0.4, 0.5) is 39.8 Å². The average molecular weight is 1500 g/mol. The number of nitrogens with one attached hydrogen (secondary N) is 5. The molecule has 3 aliphatic heterocycles. The van der Waals surface area contributed by atoms with Gasteiger partial charge < -0.3 is 74.7 Å². The molecule has 5 aromatic carbocycles. The molecule has 578 valence electrons. The van der Waals surface area contributed by atoms with Gasteiger partial charge in [-0.05, 0) is 186 Å². The predicted molar refractivity (Wildman–Crippen MR) is 403 cm³/mol. The number of esters is 1. The SMILES string of the molecule is CNCc1cc(NC(=O)[C@H](CCCNC(N)=O)NC(=O)[C@@H](NC(=O)OC(C)(C)C)C(C)C)ccc1C[N+]1(CCOc2ccc(CC(=O)N3CCc4cc(-c5cc(C(=O)N(c6ccc(OC(=O)C(F)(F)F)cc6)c6cc(C#N)n(C)c6C)c(C)n5C)c(C(=O)N5Cc6ccccc6C[C@H]5C)cc4C3)cc2)CCOCC1. The van der Waals surface area contributed by atoms with E-state index < -0.39 is 65.4 Å². The van der Waals surface area contributed by atoms with Gasteiger partial charge in [0.2, 0.25) is 17.7 Å². The molecule has 8 amide bonds. The van der Waals surface area contributed by atoms with E-state index in [1.54, 1.807) is 78.1 Å². The van der Waals surface area contributed by atoms with Crippen molar-refractivity contribution in [2.45, 2.75) is 144 Å². The van der Waals surface area contributed by atoms with E-state index in [2.05, 4.69) is 43.5 Å². The number of urea groups is 1. The minimum Gasteiger partial charge on any atom is -0.488 e. The first-order valence-corrected chi connectivity index (χ1v) is 36.6. The number of anilines is 3. The molecular weight excluding hydrogens is 1400 g/mol. The molecule has 7 aromatic rings. The third kappa shape index (κ3) is 19.7. The normalized spacial score (nSPS) is 15.3. The van der Waals surface area contributed by atoms with Crippen LogP contribution in [0.25, 0.3) is 11.3 Å². The number of nitriles is 1. The average Bonchev–Trinajstić information content (AvgIpc) is 1.70. The van der Waals surface area contributed by atoms with Crippen molar-refractivity contribution >= 4 is 64.7 Å². The van der Waals surface area contributed by atoms with E-state index in [0.29, 0.717) is 122 Å². The van der Waals surface area contributed by atoms with Crippen molar-refractivity contribution in [2.24, 2.45) is 25.7 Å². The molecular formula is C81H97F3N13O12+. The number of quaternary nitrogens is 1. The highest BCUT2D eigenvalue weighted by atomic mass is 19.4. The summed E-state index contributed by atoms with van der Waals surface area (Å²) in [6.07, 6.45) is -4.37. The first kappa shape index (κ1) is 80.5. The number of amides is 8. The highest BCUT2D eigenvalue weighted by molar-refractivity contribution is 6.13. The van der Waals surface area contributed by atoms with Crippen LogP contribution >= 0.6 is 0 Å². The number of rotatable bonds is 26. The smallest absolute Gasteiger partial charge is 0.488 e. The van der Waals surface area contributed by atoms with Crippen molar-refractivity contribution in [3.63, 3.8) is 0 Å². The van der Waals surface area contributed by atoms with Crippen molar-refractivity contribution in [1.29, 1.82) is 5.26 Å². The fraction of sp³-hybridized carbons (Fsp3) is 0.420. The van der Waals surface area contributed by atoms with E-state index in [9.17, 15) is 47.2 Å². The minimum absolute atomic E-state index is 0.104. The monoisotopic (exact) mass is 1500 g/mol. The number of morpholine rings is 1. The van der Waals surface area contributed by atoms with E-state index in [1.807, 2.05) is 96.2 Å². The summed E-state index contributed by atoms with van der Waals surface area (Å²) in [4.78, 5) is 114. The Labute approximate surface area is 632 Å². The fourth-order valence-electron chi connectivity index (χ4n) is 14.2. The van der Waals surface area contributed by atoms with E-state index in [1.165, 1.54) is 23.1 Å². The number of ether oxygens (including phenoxy) is 4. The fourth-order valence-corrected chi connectivity index (χ4v) is 14.2. The van der Waals surface area contributed by atoms with E-state index in [0.717, 1.165) is 64.2 Å². The lowest BCUT2D eigenvalue weighted by molar-refractivity contribution is -0.947. The number of aromatic nitrogens is 2. The summed E-state index contributed by atoms with van der Waals surface area (Å²) < 4.78 is 66.1. The quantitative estimate of drug-likeness (QED) is 0.0127. The van der Waals surface area contributed by atoms with Gasteiger partial charge in [0.05, 0.1) is 30.9 Å². The largest absolute Gasteiger partial charge is 0.491 e.